The van der Waals surface area contributed by atoms with E-state index in [-0.39, 0.29) is 6.04 Å². The third-order valence-electron chi connectivity index (χ3n) is 2.62. The highest BCUT2D eigenvalue weighted by molar-refractivity contribution is 5.56. The number of ether oxygens (including phenoxy) is 1. The molecule has 0 radical (unpaired) electrons. The van der Waals surface area contributed by atoms with Gasteiger partial charge in [-0.3, -0.25) is 4.98 Å². The van der Waals surface area contributed by atoms with Crippen molar-refractivity contribution >= 4 is 5.69 Å². The van der Waals surface area contributed by atoms with Crippen molar-refractivity contribution in [3.8, 4) is 5.75 Å². The minimum atomic E-state index is 0.269. The lowest BCUT2D eigenvalue weighted by Crippen LogP contribution is -2.30. The van der Waals surface area contributed by atoms with Crippen LogP contribution in [-0.2, 0) is 0 Å². The molecule has 0 aliphatic carbocycles. The van der Waals surface area contributed by atoms with Crippen molar-refractivity contribution in [3.63, 3.8) is 0 Å². The Morgan fingerprint density at radius 2 is 2.18 bits per heavy atom. The monoisotopic (exact) mass is 237 g/mol. The van der Waals surface area contributed by atoms with E-state index in [0.29, 0.717) is 12.5 Å². The van der Waals surface area contributed by atoms with Crippen LogP contribution >= 0.6 is 0 Å². The molecule has 0 saturated heterocycles. The fraction of sp³-hybridized carbons (Fsp3) is 0.615. The predicted molar refractivity (Wildman–Crippen MR) is 71.4 cm³/mol. The lowest BCUT2D eigenvalue weighted by molar-refractivity contribution is 0.413. The van der Waals surface area contributed by atoms with Gasteiger partial charge in [0, 0.05) is 18.3 Å². The number of hydrogen-bond donors (Lipinski definition) is 2. The highest BCUT2D eigenvalue weighted by atomic mass is 16.5. The van der Waals surface area contributed by atoms with Gasteiger partial charge >= 0.3 is 0 Å². The second kappa shape index (κ2) is 6.45. The molecule has 1 atom stereocenters. The third-order valence-corrected chi connectivity index (χ3v) is 2.62. The summed E-state index contributed by atoms with van der Waals surface area (Å²) >= 11 is 0. The molecular formula is C13H23N3O. The van der Waals surface area contributed by atoms with Crippen molar-refractivity contribution in [2.45, 2.75) is 33.2 Å². The van der Waals surface area contributed by atoms with Crippen molar-refractivity contribution < 1.29 is 4.74 Å². The molecule has 4 nitrogen and oxygen atoms in total. The summed E-state index contributed by atoms with van der Waals surface area (Å²) in [6.07, 6.45) is 2.78. The van der Waals surface area contributed by atoms with Crippen LogP contribution in [0.1, 0.15) is 26.0 Å². The summed E-state index contributed by atoms with van der Waals surface area (Å²) in [5, 5.41) is 3.43. The minimum absolute atomic E-state index is 0.269. The Hall–Kier alpha value is -1.29. The van der Waals surface area contributed by atoms with E-state index in [1.165, 1.54) is 0 Å². The molecule has 1 aromatic heterocycles. The lowest BCUT2D eigenvalue weighted by Gasteiger charge is -2.21. The van der Waals surface area contributed by atoms with Gasteiger partial charge in [0.05, 0.1) is 19.0 Å². The zero-order chi connectivity index (χ0) is 12.8. The Bertz CT molecular complexity index is 353. The largest absolute Gasteiger partial charge is 0.493 e. The van der Waals surface area contributed by atoms with Gasteiger partial charge in [0.15, 0.2) is 5.75 Å². The van der Waals surface area contributed by atoms with Crippen LogP contribution in [0.15, 0.2) is 12.3 Å². The number of aryl methyl sites for hydroxylation is 1. The number of nitrogens with zero attached hydrogens (tertiary/aromatic N) is 1. The zero-order valence-electron chi connectivity index (χ0n) is 11.2. The number of aromatic nitrogens is 1. The Morgan fingerprint density at radius 1 is 1.47 bits per heavy atom. The van der Waals surface area contributed by atoms with Gasteiger partial charge in [-0.1, -0.05) is 13.8 Å². The average molecular weight is 237 g/mol. The summed E-state index contributed by atoms with van der Waals surface area (Å²) in [6, 6.07) is 2.26. The van der Waals surface area contributed by atoms with E-state index in [2.05, 4.69) is 24.1 Å². The highest BCUT2D eigenvalue weighted by Gasteiger charge is 2.12. The van der Waals surface area contributed by atoms with Crippen LogP contribution in [0.5, 0.6) is 5.75 Å². The Labute approximate surface area is 104 Å². The maximum absolute atomic E-state index is 5.78. The molecule has 0 saturated carbocycles. The van der Waals surface area contributed by atoms with Crippen LogP contribution < -0.4 is 15.8 Å². The van der Waals surface area contributed by atoms with Gasteiger partial charge in [-0.15, -0.1) is 0 Å². The smallest absolute Gasteiger partial charge is 0.160 e. The Kier molecular flexibility index (Phi) is 5.22. The van der Waals surface area contributed by atoms with Crippen molar-refractivity contribution in [2.75, 3.05) is 19.0 Å². The first-order valence-electron chi connectivity index (χ1n) is 6.04. The van der Waals surface area contributed by atoms with Gasteiger partial charge in [-0.25, -0.2) is 0 Å². The lowest BCUT2D eigenvalue weighted by atomic mass is 10.0. The first-order valence-corrected chi connectivity index (χ1v) is 6.04. The average Bonchev–Trinajstić information content (AvgIpc) is 2.28. The zero-order valence-corrected chi connectivity index (χ0v) is 11.2. The first-order chi connectivity index (χ1) is 8.06. The summed E-state index contributed by atoms with van der Waals surface area (Å²) in [7, 11) is 1.65. The summed E-state index contributed by atoms with van der Waals surface area (Å²) in [6.45, 7) is 6.96. The van der Waals surface area contributed by atoms with E-state index in [9.17, 15) is 0 Å². The molecule has 0 amide bonds. The number of nitrogens with one attached hydrogen (secondary N) is 1. The molecule has 0 fully saturated rings. The van der Waals surface area contributed by atoms with Crippen LogP contribution in [-0.4, -0.2) is 24.7 Å². The van der Waals surface area contributed by atoms with Crippen molar-refractivity contribution in [2.24, 2.45) is 11.7 Å². The number of rotatable bonds is 6. The third kappa shape index (κ3) is 4.23. The molecule has 0 aromatic carbocycles. The van der Waals surface area contributed by atoms with Gasteiger partial charge in [0.1, 0.15) is 0 Å². The second-order valence-corrected chi connectivity index (χ2v) is 4.73. The van der Waals surface area contributed by atoms with Gasteiger partial charge < -0.3 is 15.8 Å². The number of nitrogens with two attached hydrogens (primary N) is 1. The van der Waals surface area contributed by atoms with E-state index >= 15 is 0 Å². The summed E-state index contributed by atoms with van der Waals surface area (Å²) in [5.41, 5.74) is 7.71. The standard InChI is InChI=1S/C13H23N3O/c1-9(2)5-11(7-14)16-12-6-10(3)15-8-13(12)17-4/h6,8-9,11H,5,7,14H2,1-4H3,(H,15,16). The minimum Gasteiger partial charge on any atom is -0.493 e. The maximum Gasteiger partial charge on any atom is 0.160 e. The fourth-order valence-electron chi connectivity index (χ4n) is 1.83. The second-order valence-electron chi connectivity index (χ2n) is 4.73. The van der Waals surface area contributed by atoms with Crippen molar-refractivity contribution in [3.05, 3.63) is 18.0 Å². The molecular weight excluding hydrogens is 214 g/mol. The van der Waals surface area contributed by atoms with E-state index in [0.717, 1.165) is 23.6 Å². The highest BCUT2D eigenvalue weighted by Crippen LogP contribution is 2.25. The summed E-state index contributed by atoms with van der Waals surface area (Å²) in [5.74, 6) is 1.38. The van der Waals surface area contributed by atoms with Crippen molar-refractivity contribution in [1.29, 1.82) is 0 Å². The number of hydrogen-bond acceptors (Lipinski definition) is 4. The van der Waals surface area contributed by atoms with E-state index in [1.807, 2.05) is 13.0 Å². The molecule has 0 spiro atoms. The van der Waals surface area contributed by atoms with Crippen LogP contribution in [0.4, 0.5) is 5.69 Å². The molecule has 0 bridgehead atoms. The number of methoxy groups -OCH3 is 1. The quantitative estimate of drug-likeness (QED) is 0.796. The molecule has 0 aliphatic rings. The molecule has 17 heavy (non-hydrogen) atoms. The van der Waals surface area contributed by atoms with Gasteiger partial charge in [0.2, 0.25) is 0 Å². The van der Waals surface area contributed by atoms with E-state index in [4.69, 9.17) is 10.5 Å². The first kappa shape index (κ1) is 13.8. The normalized spacial score (nSPS) is 12.6. The van der Waals surface area contributed by atoms with Crippen LogP contribution in [0.2, 0.25) is 0 Å². The fourth-order valence-corrected chi connectivity index (χ4v) is 1.83. The molecule has 1 rings (SSSR count). The molecule has 0 aliphatic heterocycles. The topological polar surface area (TPSA) is 60.2 Å². The molecule has 1 unspecified atom stereocenters. The van der Waals surface area contributed by atoms with Gasteiger partial charge in [0.25, 0.3) is 0 Å². The molecule has 3 N–H and O–H groups in total. The van der Waals surface area contributed by atoms with Crippen molar-refractivity contribution in [1.82, 2.24) is 4.98 Å². The molecule has 96 valence electrons. The van der Waals surface area contributed by atoms with Crippen LogP contribution in [0.3, 0.4) is 0 Å². The predicted octanol–water partition coefficient (Wildman–Crippen LogP) is 2.18. The Morgan fingerprint density at radius 3 is 2.71 bits per heavy atom. The molecule has 1 aromatic rings. The van der Waals surface area contributed by atoms with Gasteiger partial charge in [-0.2, -0.15) is 0 Å². The number of anilines is 1. The SMILES string of the molecule is COc1cnc(C)cc1NC(CN)CC(C)C. The summed E-state index contributed by atoms with van der Waals surface area (Å²) < 4.78 is 5.28. The summed E-state index contributed by atoms with van der Waals surface area (Å²) in [4.78, 5) is 4.21. The van der Waals surface area contributed by atoms with E-state index < -0.39 is 0 Å². The number of pyridine rings is 1. The van der Waals surface area contributed by atoms with Gasteiger partial charge in [-0.05, 0) is 25.3 Å². The molecule has 1 heterocycles. The van der Waals surface area contributed by atoms with Crippen LogP contribution in [0.25, 0.3) is 0 Å². The molecule has 4 heteroatoms. The maximum atomic E-state index is 5.78. The van der Waals surface area contributed by atoms with Crippen LogP contribution in [0, 0.1) is 12.8 Å². The Balaban J connectivity index is 2.80. The van der Waals surface area contributed by atoms with E-state index in [1.54, 1.807) is 13.3 Å².